The second-order valence-electron chi connectivity index (χ2n) is 5.92. The zero-order valence-electron chi connectivity index (χ0n) is 15.5. The lowest BCUT2D eigenvalue weighted by Crippen LogP contribution is -2.19. The van der Waals surface area contributed by atoms with E-state index in [9.17, 15) is 9.59 Å². The molecule has 1 N–H and O–H groups in total. The molecule has 0 spiro atoms. The van der Waals surface area contributed by atoms with Crippen molar-refractivity contribution in [2.75, 3.05) is 26.9 Å². The molecule has 0 radical (unpaired) electrons. The fourth-order valence-electron chi connectivity index (χ4n) is 3.20. The Balaban J connectivity index is 2.47. The van der Waals surface area contributed by atoms with Crippen LogP contribution in [-0.4, -0.2) is 42.6 Å². The van der Waals surface area contributed by atoms with E-state index in [1.807, 2.05) is 0 Å². The predicted octanol–water partition coefficient (Wildman–Crippen LogP) is 2.75. The molecule has 1 aromatic heterocycles. The van der Waals surface area contributed by atoms with Gasteiger partial charge in [-0.2, -0.15) is 0 Å². The summed E-state index contributed by atoms with van der Waals surface area (Å²) < 4.78 is 17.8. The molecule has 7 nitrogen and oxygen atoms in total. The van der Waals surface area contributed by atoms with Crippen molar-refractivity contribution in [1.82, 2.24) is 4.57 Å². The number of hydrogen-bond donors (Lipinski definition) is 1. The van der Waals surface area contributed by atoms with E-state index in [-0.39, 0.29) is 37.5 Å². The number of carbonyl (C=O) groups is 1. The highest BCUT2D eigenvalue weighted by molar-refractivity contribution is 6.33. The normalized spacial score (nSPS) is 11.0. The molecule has 0 aliphatic heterocycles. The number of aromatic nitrogens is 1. The first-order chi connectivity index (χ1) is 13.5. The van der Waals surface area contributed by atoms with Gasteiger partial charge in [-0.3, -0.25) is 9.59 Å². The fraction of sp³-hybridized carbons (Fsp3) is 0.300. The zero-order chi connectivity index (χ0) is 20.3. The number of ether oxygens (including phenoxy) is 3. The van der Waals surface area contributed by atoms with Crippen LogP contribution in [0.2, 0.25) is 5.02 Å². The number of aliphatic hydroxyl groups is 1. The van der Waals surface area contributed by atoms with Crippen LogP contribution < -0.4 is 14.9 Å². The SMILES string of the molecule is CCOC(=O)Cn1c2c(OCCO)cccc2c(=O)c2ccc(Cl)c(OC)c21. The maximum atomic E-state index is 13.1. The van der Waals surface area contributed by atoms with Gasteiger partial charge in [-0.1, -0.05) is 17.7 Å². The molecule has 0 saturated carbocycles. The predicted molar refractivity (Wildman–Crippen MR) is 106 cm³/mol. The summed E-state index contributed by atoms with van der Waals surface area (Å²) in [4.78, 5) is 25.4. The first-order valence-electron chi connectivity index (χ1n) is 8.74. The van der Waals surface area contributed by atoms with Crippen LogP contribution in [0, 0.1) is 0 Å². The van der Waals surface area contributed by atoms with Crippen LogP contribution in [0.25, 0.3) is 21.8 Å². The number of halogens is 1. The van der Waals surface area contributed by atoms with Gasteiger partial charge in [0.25, 0.3) is 0 Å². The Labute approximate surface area is 166 Å². The maximum Gasteiger partial charge on any atom is 0.325 e. The molecule has 2 aromatic carbocycles. The van der Waals surface area contributed by atoms with E-state index in [0.29, 0.717) is 32.6 Å². The van der Waals surface area contributed by atoms with E-state index in [0.717, 1.165) is 0 Å². The van der Waals surface area contributed by atoms with Crippen LogP contribution >= 0.6 is 11.6 Å². The molecule has 0 aliphatic carbocycles. The van der Waals surface area contributed by atoms with Crippen LogP contribution in [0.15, 0.2) is 35.1 Å². The fourth-order valence-corrected chi connectivity index (χ4v) is 3.43. The Morgan fingerprint density at radius 2 is 1.93 bits per heavy atom. The first-order valence-corrected chi connectivity index (χ1v) is 9.12. The van der Waals surface area contributed by atoms with Gasteiger partial charge in [0.2, 0.25) is 0 Å². The minimum absolute atomic E-state index is 0.0391. The van der Waals surface area contributed by atoms with Gasteiger partial charge >= 0.3 is 5.97 Å². The number of nitrogens with zero attached hydrogens (tertiary/aromatic N) is 1. The molecule has 8 heteroatoms. The molecule has 0 saturated heterocycles. The number of benzene rings is 2. The topological polar surface area (TPSA) is 87.0 Å². The van der Waals surface area contributed by atoms with E-state index in [4.69, 9.17) is 30.9 Å². The third-order valence-corrected chi connectivity index (χ3v) is 4.55. The number of esters is 1. The number of para-hydroxylation sites is 1. The van der Waals surface area contributed by atoms with Crippen LogP contribution in [0.5, 0.6) is 11.5 Å². The summed E-state index contributed by atoms with van der Waals surface area (Å²) in [7, 11) is 1.44. The van der Waals surface area contributed by atoms with Crippen molar-refractivity contribution in [1.29, 1.82) is 0 Å². The molecule has 0 unspecified atom stereocenters. The minimum Gasteiger partial charge on any atom is -0.493 e. The Hall–Kier alpha value is -2.77. The molecule has 148 valence electrons. The van der Waals surface area contributed by atoms with Crippen molar-refractivity contribution in [2.24, 2.45) is 0 Å². The molecule has 0 atom stereocenters. The van der Waals surface area contributed by atoms with Crippen LogP contribution in [0.1, 0.15) is 6.92 Å². The molecular weight excluding hydrogens is 386 g/mol. The highest BCUT2D eigenvalue weighted by atomic mass is 35.5. The average molecular weight is 406 g/mol. The molecule has 3 rings (SSSR count). The summed E-state index contributed by atoms with van der Waals surface area (Å²) in [5.41, 5.74) is 0.539. The summed E-state index contributed by atoms with van der Waals surface area (Å²) in [5.74, 6) is 0.157. The lowest BCUT2D eigenvalue weighted by molar-refractivity contribution is -0.143. The van der Waals surface area contributed by atoms with Crippen molar-refractivity contribution in [3.05, 3.63) is 45.6 Å². The number of rotatable bonds is 7. The second-order valence-corrected chi connectivity index (χ2v) is 6.33. The van der Waals surface area contributed by atoms with Crippen molar-refractivity contribution >= 4 is 39.4 Å². The Morgan fingerprint density at radius 1 is 1.18 bits per heavy atom. The van der Waals surface area contributed by atoms with Crippen molar-refractivity contribution < 1.29 is 24.1 Å². The number of methoxy groups -OCH3 is 1. The zero-order valence-corrected chi connectivity index (χ0v) is 16.3. The van der Waals surface area contributed by atoms with Crippen molar-refractivity contribution in [3.8, 4) is 11.5 Å². The van der Waals surface area contributed by atoms with Crippen molar-refractivity contribution in [2.45, 2.75) is 13.5 Å². The molecule has 28 heavy (non-hydrogen) atoms. The molecule has 3 aromatic rings. The van der Waals surface area contributed by atoms with Crippen molar-refractivity contribution in [3.63, 3.8) is 0 Å². The number of pyridine rings is 1. The minimum atomic E-state index is -0.479. The lowest BCUT2D eigenvalue weighted by atomic mass is 10.1. The van der Waals surface area contributed by atoms with Crippen LogP contribution in [0.3, 0.4) is 0 Å². The average Bonchev–Trinajstić information content (AvgIpc) is 2.69. The molecular formula is C20H20ClNO6. The molecule has 0 bridgehead atoms. The molecule has 0 aliphatic rings. The maximum absolute atomic E-state index is 13.1. The lowest BCUT2D eigenvalue weighted by Gasteiger charge is -2.19. The summed E-state index contributed by atoms with van der Waals surface area (Å²) in [6.07, 6.45) is 0. The van der Waals surface area contributed by atoms with Crippen LogP contribution in [-0.2, 0) is 16.1 Å². The van der Waals surface area contributed by atoms with Gasteiger partial charge in [0.05, 0.1) is 47.2 Å². The highest BCUT2D eigenvalue weighted by Gasteiger charge is 2.21. The molecule has 0 amide bonds. The van der Waals surface area contributed by atoms with Gasteiger partial charge in [0.15, 0.2) is 11.2 Å². The first kappa shape index (κ1) is 20.0. The number of carbonyl (C=O) groups excluding carboxylic acids is 1. The van der Waals surface area contributed by atoms with Gasteiger partial charge < -0.3 is 23.9 Å². The highest BCUT2D eigenvalue weighted by Crippen LogP contribution is 2.36. The largest absolute Gasteiger partial charge is 0.493 e. The van der Waals surface area contributed by atoms with Crippen LogP contribution in [0.4, 0.5) is 0 Å². The number of aliphatic hydroxyl groups excluding tert-OH is 1. The summed E-state index contributed by atoms with van der Waals surface area (Å²) >= 11 is 6.28. The van der Waals surface area contributed by atoms with Gasteiger partial charge in [0.1, 0.15) is 18.9 Å². The third-order valence-electron chi connectivity index (χ3n) is 4.26. The summed E-state index contributed by atoms with van der Waals surface area (Å²) in [5, 5.41) is 10.2. The van der Waals surface area contributed by atoms with E-state index < -0.39 is 5.97 Å². The quantitative estimate of drug-likeness (QED) is 0.480. The van der Waals surface area contributed by atoms with E-state index in [1.54, 1.807) is 41.8 Å². The third kappa shape index (κ3) is 3.50. The Kier molecular flexibility index (Phi) is 6.06. The van der Waals surface area contributed by atoms with Gasteiger partial charge in [0, 0.05) is 0 Å². The summed E-state index contributed by atoms with van der Waals surface area (Å²) in [6, 6.07) is 8.19. The van der Waals surface area contributed by atoms with E-state index >= 15 is 0 Å². The Morgan fingerprint density at radius 3 is 2.61 bits per heavy atom. The standard InChI is InChI=1S/C20H20ClNO6/c1-3-27-16(24)11-22-17-12(5-4-6-15(17)28-10-9-23)19(25)13-7-8-14(21)20(26-2)18(13)22/h4-8,23H,3,9-11H2,1-2H3. The van der Waals surface area contributed by atoms with E-state index in [1.165, 1.54) is 7.11 Å². The summed E-state index contributed by atoms with van der Waals surface area (Å²) in [6.45, 7) is 1.61. The van der Waals surface area contributed by atoms with Gasteiger partial charge in [-0.15, -0.1) is 0 Å². The van der Waals surface area contributed by atoms with Gasteiger partial charge in [-0.25, -0.2) is 0 Å². The molecule has 0 fully saturated rings. The number of hydrogen-bond acceptors (Lipinski definition) is 6. The van der Waals surface area contributed by atoms with Gasteiger partial charge in [-0.05, 0) is 31.2 Å². The smallest absolute Gasteiger partial charge is 0.325 e. The second kappa shape index (κ2) is 8.50. The van der Waals surface area contributed by atoms with E-state index in [2.05, 4.69) is 0 Å². The molecule has 1 heterocycles. The monoisotopic (exact) mass is 405 g/mol. The number of fused-ring (bicyclic) bond motifs is 2. The Bertz CT molecular complexity index is 1090.